The van der Waals surface area contributed by atoms with E-state index in [-0.39, 0.29) is 6.61 Å². The van der Waals surface area contributed by atoms with Crippen LogP contribution in [0.3, 0.4) is 0 Å². The zero-order valence-electron chi connectivity index (χ0n) is 37.9. The molecule has 8 unspecified atom stereocenters. The Labute approximate surface area is 361 Å². The summed E-state index contributed by atoms with van der Waals surface area (Å²) in [5.74, 6) is -0.623. The Morgan fingerprint density at radius 1 is 0.576 bits per heavy atom. The van der Waals surface area contributed by atoms with Crippen LogP contribution in [0.2, 0.25) is 0 Å². The predicted molar refractivity (Wildman–Crippen MR) is 241 cm³/mol. The van der Waals surface area contributed by atoms with E-state index in [1.807, 2.05) is 6.08 Å². The molecule has 1 aliphatic heterocycles. The van der Waals surface area contributed by atoms with Crippen LogP contribution in [0.5, 0.6) is 0 Å². The van der Waals surface area contributed by atoms with E-state index in [0.29, 0.717) is 19.3 Å². The topological polar surface area (TPSA) is 169 Å². The summed E-state index contributed by atoms with van der Waals surface area (Å²) >= 11 is 0. The monoisotopic (exact) mass is 840 g/mol. The highest BCUT2D eigenvalue weighted by Crippen LogP contribution is 2.23. The van der Waals surface area contributed by atoms with E-state index >= 15 is 0 Å². The number of nitrogens with one attached hydrogen (secondary N) is 1. The van der Waals surface area contributed by atoms with E-state index in [4.69, 9.17) is 9.47 Å². The van der Waals surface area contributed by atoms with Crippen molar-refractivity contribution in [3.05, 3.63) is 24.3 Å². The van der Waals surface area contributed by atoms with E-state index in [0.717, 1.165) is 32.1 Å². The van der Waals surface area contributed by atoms with Gasteiger partial charge in [0.15, 0.2) is 6.29 Å². The molecule has 0 aromatic carbocycles. The van der Waals surface area contributed by atoms with Gasteiger partial charge in [-0.25, -0.2) is 0 Å². The number of unbranched alkanes of at least 4 members (excludes halogenated alkanes) is 28. The molecule has 1 fully saturated rings. The number of rotatable bonds is 41. The fraction of sp³-hybridized carbons (Fsp3) is 0.898. The Morgan fingerprint density at radius 2 is 1.00 bits per heavy atom. The second kappa shape index (κ2) is 39.5. The third kappa shape index (κ3) is 29.5. The van der Waals surface area contributed by atoms with Gasteiger partial charge in [-0.05, 0) is 32.1 Å². The zero-order chi connectivity index (χ0) is 43.2. The van der Waals surface area contributed by atoms with E-state index in [2.05, 4.69) is 31.3 Å². The molecule has 1 aliphatic rings. The van der Waals surface area contributed by atoms with Crippen molar-refractivity contribution in [2.75, 3.05) is 13.2 Å². The number of carbonyl (C=O) groups is 1. The van der Waals surface area contributed by atoms with Crippen LogP contribution in [0, 0.1) is 0 Å². The summed E-state index contributed by atoms with van der Waals surface area (Å²) < 4.78 is 11.1. The van der Waals surface area contributed by atoms with Crippen LogP contribution in [0.4, 0.5) is 0 Å². The van der Waals surface area contributed by atoms with Crippen LogP contribution in [0.25, 0.3) is 0 Å². The summed E-state index contributed by atoms with van der Waals surface area (Å²) in [6, 6.07) is -0.993. The van der Waals surface area contributed by atoms with Gasteiger partial charge in [0, 0.05) is 0 Å². The zero-order valence-corrected chi connectivity index (χ0v) is 37.9. The maximum absolute atomic E-state index is 13.1. The van der Waals surface area contributed by atoms with Crippen LogP contribution in [0.1, 0.15) is 219 Å². The molecule has 1 rings (SSSR count). The molecule has 8 atom stereocenters. The van der Waals surface area contributed by atoms with Gasteiger partial charge in [-0.2, -0.15) is 0 Å². The molecule has 7 N–H and O–H groups in total. The summed E-state index contributed by atoms with van der Waals surface area (Å²) in [6.07, 6.45) is 36.9. The first kappa shape index (κ1) is 55.6. The van der Waals surface area contributed by atoms with E-state index < -0.39 is 61.5 Å². The molecule has 10 heteroatoms. The lowest BCUT2D eigenvalue weighted by molar-refractivity contribution is -0.302. The number of allylic oxidation sites excluding steroid dienone is 3. The third-order valence-electron chi connectivity index (χ3n) is 11.9. The van der Waals surface area contributed by atoms with Crippen molar-refractivity contribution in [2.45, 2.75) is 268 Å². The van der Waals surface area contributed by atoms with Gasteiger partial charge in [-0.1, -0.05) is 212 Å². The molecule has 59 heavy (non-hydrogen) atoms. The van der Waals surface area contributed by atoms with Gasteiger partial charge >= 0.3 is 0 Å². The molecule has 0 saturated carbocycles. The van der Waals surface area contributed by atoms with E-state index in [9.17, 15) is 35.4 Å². The largest absolute Gasteiger partial charge is 0.394 e. The number of amides is 1. The first-order valence-electron chi connectivity index (χ1n) is 24.7. The average molecular weight is 840 g/mol. The van der Waals surface area contributed by atoms with Crippen molar-refractivity contribution >= 4 is 5.91 Å². The number of hydrogen-bond acceptors (Lipinski definition) is 9. The van der Waals surface area contributed by atoms with Crippen LogP contribution in [0.15, 0.2) is 24.3 Å². The lowest BCUT2D eigenvalue weighted by atomic mass is 9.99. The van der Waals surface area contributed by atoms with Crippen molar-refractivity contribution in [1.82, 2.24) is 5.32 Å². The van der Waals surface area contributed by atoms with Gasteiger partial charge in [0.1, 0.15) is 30.5 Å². The Kier molecular flexibility index (Phi) is 37.2. The van der Waals surface area contributed by atoms with Crippen molar-refractivity contribution in [1.29, 1.82) is 0 Å². The molecule has 0 aromatic rings. The van der Waals surface area contributed by atoms with E-state index in [1.165, 1.54) is 154 Å². The Hall–Kier alpha value is -1.37. The summed E-state index contributed by atoms with van der Waals surface area (Å²) in [6.45, 7) is 3.60. The minimum Gasteiger partial charge on any atom is -0.394 e. The van der Waals surface area contributed by atoms with Crippen molar-refractivity contribution in [3.63, 3.8) is 0 Å². The average Bonchev–Trinajstić information content (AvgIpc) is 3.23. The van der Waals surface area contributed by atoms with Crippen molar-refractivity contribution in [3.8, 4) is 0 Å². The normalized spacial score (nSPS) is 21.4. The number of ether oxygens (including phenoxy) is 2. The summed E-state index contributed by atoms with van der Waals surface area (Å²) in [7, 11) is 0. The fourth-order valence-electron chi connectivity index (χ4n) is 7.83. The van der Waals surface area contributed by atoms with Crippen LogP contribution in [-0.2, 0) is 14.3 Å². The highest BCUT2D eigenvalue weighted by atomic mass is 16.7. The number of aliphatic hydroxyl groups excluding tert-OH is 6. The SMILES string of the molecule is CCCCCCCCCCCC/C=C/CC/C=C/C(O)C(COC1OC(CO)C(O)C(O)C1O)NC(=O)C(O)CCCCCCCCCCCCCCCCCCCC. The molecule has 1 saturated heterocycles. The number of aliphatic hydroxyl groups is 6. The number of hydrogen-bond donors (Lipinski definition) is 7. The fourth-order valence-corrected chi connectivity index (χ4v) is 7.83. The Bertz CT molecular complexity index is 995. The first-order valence-corrected chi connectivity index (χ1v) is 24.7. The maximum atomic E-state index is 13.1. The standard InChI is InChI=1S/C49H93NO9/c1-3-5-7-9-11-13-15-17-19-21-22-24-26-28-30-32-34-36-38-43(53)48(57)50-41(40-58-49-47(56)46(55)45(54)44(39-51)59-49)42(52)37-35-33-31-29-27-25-23-20-18-16-14-12-10-8-6-4-2/h27,29,35,37,41-47,49,51-56H,3-26,28,30-34,36,38-40H2,1-2H3,(H,50,57)/b29-27+,37-35+. The van der Waals surface area contributed by atoms with Crippen LogP contribution < -0.4 is 5.32 Å². The van der Waals surface area contributed by atoms with Gasteiger partial charge < -0.3 is 45.4 Å². The minimum atomic E-state index is -1.61. The van der Waals surface area contributed by atoms with Gasteiger partial charge in [0.2, 0.25) is 5.91 Å². The molecule has 1 amide bonds. The third-order valence-corrected chi connectivity index (χ3v) is 11.9. The molecule has 1 heterocycles. The molecular formula is C49H93NO9. The molecule has 0 spiro atoms. The molecule has 0 aromatic heterocycles. The molecule has 10 nitrogen and oxygen atoms in total. The minimum absolute atomic E-state index is 0.308. The quantitative estimate of drug-likeness (QED) is 0.0234. The first-order chi connectivity index (χ1) is 28.8. The van der Waals surface area contributed by atoms with Crippen molar-refractivity contribution < 1.29 is 44.9 Å². The molecule has 0 radical (unpaired) electrons. The van der Waals surface area contributed by atoms with Crippen LogP contribution >= 0.6 is 0 Å². The second-order valence-corrected chi connectivity index (χ2v) is 17.4. The highest BCUT2D eigenvalue weighted by Gasteiger charge is 2.44. The van der Waals surface area contributed by atoms with Gasteiger partial charge in [-0.15, -0.1) is 0 Å². The predicted octanol–water partition coefficient (Wildman–Crippen LogP) is 9.64. The summed E-state index contributed by atoms with van der Waals surface area (Å²) in [5, 5.41) is 64.7. The summed E-state index contributed by atoms with van der Waals surface area (Å²) in [4.78, 5) is 13.1. The molecular weight excluding hydrogens is 747 g/mol. The molecule has 0 aliphatic carbocycles. The summed E-state index contributed by atoms with van der Waals surface area (Å²) in [5.41, 5.74) is 0. The smallest absolute Gasteiger partial charge is 0.249 e. The Balaban J connectivity index is 2.39. The Morgan fingerprint density at radius 3 is 1.47 bits per heavy atom. The van der Waals surface area contributed by atoms with Crippen molar-refractivity contribution in [2.24, 2.45) is 0 Å². The molecule has 348 valence electrons. The van der Waals surface area contributed by atoms with Gasteiger partial charge in [0.05, 0.1) is 25.4 Å². The van der Waals surface area contributed by atoms with Crippen LogP contribution in [-0.4, -0.2) is 98.7 Å². The lowest BCUT2D eigenvalue weighted by Crippen LogP contribution is -2.60. The van der Waals surface area contributed by atoms with Gasteiger partial charge in [-0.3, -0.25) is 4.79 Å². The van der Waals surface area contributed by atoms with Gasteiger partial charge in [0.25, 0.3) is 0 Å². The lowest BCUT2D eigenvalue weighted by Gasteiger charge is -2.40. The maximum Gasteiger partial charge on any atom is 0.249 e. The highest BCUT2D eigenvalue weighted by molar-refractivity contribution is 5.80. The van der Waals surface area contributed by atoms with E-state index in [1.54, 1.807) is 6.08 Å². The second-order valence-electron chi connectivity index (χ2n) is 17.4. The number of carbonyl (C=O) groups excluding carboxylic acids is 1. The molecule has 0 bridgehead atoms.